The minimum atomic E-state index is -0.237. The number of aromatic nitrogens is 1. The van der Waals surface area contributed by atoms with Crippen LogP contribution in [0.5, 0.6) is 0 Å². The smallest absolute Gasteiger partial charge is 0.0859 e. The van der Waals surface area contributed by atoms with Gasteiger partial charge in [-0.25, -0.2) is 0 Å². The van der Waals surface area contributed by atoms with Crippen LogP contribution in [0, 0.1) is 0 Å². The quantitative estimate of drug-likeness (QED) is 0.596. The molecular formula is C8H10N2O. The number of pyridine rings is 1. The number of aliphatic hydroxyl groups excluding tert-OH is 1. The van der Waals surface area contributed by atoms with Crippen LogP contribution in [0.4, 0.5) is 0 Å². The Morgan fingerprint density at radius 1 is 1.64 bits per heavy atom. The number of nitrogens with zero attached hydrogens (tertiary/aromatic N) is 1. The first-order chi connectivity index (χ1) is 5.38. The lowest BCUT2D eigenvalue weighted by molar-refractivity contribution is 0.0609. The van der Waals surface area contributed by atoms with Crippen molar-refractivity contribution in [2.24, 2.45) is 0 Å². The first kappa shape index (κ1) is 6.76. The second kappa shape index (κ2) is 2.60. The summed E-state index contributed by atoms with van der Waals surface area (Å²) >= 11 is 0. The van der Waals surface area contributed by atoms with Crippen molar-refractivity contribution < 1.29 is 5.11 Å². The van der Waals surface area contributed by atoms with Gasteiger partial charge >= 0.3 is 0 Å². The van der Waals surface area contributed by atoms with Crippen molar-refractivity contribution >= 4 is 0 Å². The van der Waals surface area contributed by atoms with Gasteiger partial charge in [0, 0.05) is 18.9 Å². The fraction of sp³-hybridized carbons (Fsp3) is 0.375. The number of nitrogens with one attached hydrogen (secondary N) is 1. The summed E-state index contributed by atoms with van der Waals surface area (Å²) in [7, 11) is 0. The zero-order valence-electron chi connectivity index (χ0n) is 6.07. The molecule has 0 aromatic carbocycles. The first-order valence-electron chi connectivity index (χ1n) is 3.69. The van der Waals surface area contributed by atoms with Gasteiger partial charge in [0.2, 0.25) is 0 Å². The van der Waals surface area contributed by atoms with Crippen molar-refractivity contribution in [2.45, 2.75) is 12.1 Å². The molecule has 0 amide bonds. The second-order valence-corrected chi connectivity index (χ2v) is 2.74. The molecule has 2 N–H and O–H groups in total. The van der Waals surface area contributed by atoms with Crippen LogP contribution >= 0.6 is 0 Å². The molecule has 0 spiro atoms. The van der Waals surface area contributed by atoms with Crippen LogP contribution in [-0.2, 0) is 0 Å². The van der Waals surface area contributed by atoms with Gasteiger partial charge in [-0.3, -0.25) is 4.98 Å². The Morgan fingerprint density at radius 3 is 3.00 bits per heavy atom. The molecule has 2 rings (SSSR count). The highest BCUT2D eigenvalue weighted by atomic mass is 16.3. The molecule has 3 nitrogen and oxygen atoms in total. The molecule has 1 aliphatic rings. The Kier molecular flexibility index (Phi) is 1.60. The molecule has 0 aliphatic carbocycles. The Morgan fingerprint density at radius 2 is 2.55 bits per heavy atom. The predicted molar refractivity (Wildman–Crippen MR) is 41.0 cm³/mol. The van der Waals surface area contributed by atoms with Crippen LogP contribution in [0.15, 0.2) is 24.5 Å². The van der Waals surface area contributed by atoms with E-state index in [-0.39, 0.29) is 12.1 Å². The normalized spacial score (nSPS) is 29.5. The molecule has 2 unspecified atom stereocenters. The molecule has 58 valence electrons. The average molecular weight is 150 g/mol. The van der Waals surface area contributed by atoms with Gasteiger partial charge in [-0.15, -0.1) is 0 Å². The first-order valence-corrected chi connectivity index (χ1v) is 3.69. The van der Waals surface area contributed by atoms with Gasteiger partial charge in [-0.05, 0) is 11.6 Å². The molecule has 1 aromatic heterocycles. The summed E-state index contributed by atoms with van der Waals surface area (Å²) < 4.78 is 0. The van der Waals surface area contributed by atoms with Gasteiger partial charge in [0.25, 0.3) is 0 Å². The number of hydrogen-bond acceptors (Lipinski definition) is 3. The van der Waals surface area contributed by atoms with Crippen LogP contribution in [0.3, 0.4) is 0 Å². The van der Waals surface area contributed by atoms with E-state index in [4.69, 9.17) is 0 Å². The van der Waals surface area contributed by atoms with E-state index in [2.05, 4.69) is 10.3 Å². The lowest BCUT2D eigenvalue weighted by Crippen LogP contribution is -2.49. The summed E-state index contributed by atoms with van der Waals surface area (Å²) in [6.45, 7) is 0.694. The molecule has 2 heterocycles. The Labute approximate surface area is 65.1 Å². The van der Waals surface area contributed by atoms with E-state index in [9.17, 15) is 5.11 Å². The van der Waals surface area contributed by atoms with Crippen molar-refractivity contribution in [1.82, 2.24) is 10.3 Å². The predicted octanol–water partition coefficient (Wildman–Crippen LogP) is 0.0868. The Bertz CT molecular complexity index is 237. The van der Waals surface area contributed by atoms with E-state index in [0.717, 1.165) is 5.56 Å². The van der Waals surface area contributed by atoms with Crippen LogP contribution in [-0.4, -0.2) is 22.7 Å². The number of aliphatic hydroxyl groups is 1. The van der Waals surface area contributed by atoms with Gasteiger partial charge in [0.15, 0.2) is 0 Å². The minimum Gasteiger partial charge on any atom is -0.390 e. The molecule has 1 saturated heterocycles. The van der Waals surface area contributed by atoms with Crippen molar-refractivity contribution in [3.05, 3.63) is 30.1 Å². The van der Waals surface area contributed by atoms with Crippen molar-refractivity contribution in [2.75, 3.05) is 6.54 Å². The second-order valence-electron chi connectivity index (χ2n) is 2.74. The minimum absolute atomic E-state index is 0.101. The third-order valence-corrected chi connectivity index (χ3v) is 1.98. The lowest BCUT2D eigenvalue weighted by Gasteiger charge is -2.34. The van der Waals surface area contributed by atoms with Crippen molar-refractivity contribution in [3.8, 4) is 0 Å². The topological polar surface area (TPSA) is 45.1 Å². The van der Waals surface area contributed by atoms with Gasteiger partial charge in [0.05, 0.1) is 12.1 Å². The van der Waals surface area contributed by atoms with E-state index < -0.39 is 0 Å². The summed E-state index contributed by atoms with van der Waals surface area (Å²) in [6.07, 6.45) is 3.27. The van der Waals surface area contributed by atoms with Crippen LogP contribution in [0.1, 0.15) is 11.6 Å². The molecule has 0 bridgehead atoms. The summed E-state index contributed by atoms with van der Waals surface area (Å²) in [5.41, 5.74) is 1.06. The van der Waals surface area contributed by atoms with Crippen LogP contribution in [0.2, 0.25) is 0 Å². The number of β-amino-alcohol motifs (C(OH)–C–C–N with tert-alkyl or cyclic N) is 1. The molecule has 1 fully saturated rings. The molecule has 0 saturated carbocycles. The van der Waals surface area contributed by atoms with E-state index in [1.807, 2.05) is 12.1 Å². The molecule has 3 heteroatoms. The Balaban J connectivity index is 2.17. The maximum absolute atomic E-state index is 9.27. The van der Waals surface area contributed by atoms with Gasteiger partial charge in [-0.1, -0.05) is 6.07 Å². The van der Waals surface area contributed by atoms with Crippen molar-refractivity contribution in [3.63, 3.8) is 0 Å². The van der Waals surface area contributed by atoms with Gasteiger partial charge < -0.3 is 10.4 Å². The third kappa shape index (κ3) is 1.13. The zero-order chi connectivity index (χ0) is 7.68. The van der Waals surface area contributed by atoms with Gasteiger partial charge in [0.1, 0.15) is 0 Å². The van der Waals surface area contributed by atoms with E-state index in [0.29, 0.717) is 6.54 Å². The third-order valence-electron chi connectivity index (χ3n) is 1.98. The molecule has 1 aromatic rings. The maximum Gasteiger partial charge on any atom is 0.0859 e. The van der Waals surface area contributed by atoms with Crippen molar-refractivity contribution in [1.29, 1.82) is 0 Å². The van der Waals surface area contributed by atoms with Crippen LogP contribution in [0.25, 0.3) is 0 Å². The highest BCUT2D eigenvalue weighted by molar-refractivity contribution is 5.18. The average Bonchev–Trinajstić information content (AvgIpc) is 2.04. The zero-order valence-corrected chi connectivity index (χ0v) is 6.07. The molecule has 0 radical (unpaired) electrons. The lowest BCUT2D eigenvalue weighted by atomic mass is 9.97. The van der Waals surface area contributed by atoms with Crippen LogP contribution < -0.4 is 5.32 Å². The summed E-state index contributed by atoms with van der Waals surface area (Å²) in [4.78, 5) is 3.97. The molecular weight excluding hydrogens is 140 g/mol. The summed E-state index contributed by atoms with van der Waals surface area (Å²) in [6, 6.07) is 3.94. The summed E-state index contributed by atoms with van der Waals surface area (Å²) in [5.74, 6) is 0. The highest BCUT2D eigenvalue weighted by Crippen LogP contribution is 2.21. The number of rotatable bonds is 1. The highest BCUT2D eigenvalue weighted by Gasteiger charge is 2.29. The number of hydrogen-bond donors (Lipinski definition) is 2. The van der Waals surface area contributed by atoms with E-state index in [1.165, 1.54) is 0 Å². The SMILES string of the molecule is OC1CNC1c1cccnc1. The molecule has 2 atom stereocenters. The van der Waals surface area contributed by atoms with E-state index in [1.54, 1.807) is 12.4 Å². The largest absolute Gasteiger partial charge is 0.390 e. The molecule has 11 heavy (non-hydrogen) atoms. The monoisotopic (exact) mass is 150 g/mol. The van der Waals surface area contributed by atoms with Gasteiger partial charge in [-0.2, -0.15) is 0 Å². The standard InChI is InChI=1S/C8H10N2O/c11-7-5-10-8(7)6-2-1-3-9-4-6/h1-4,7-8,10-11H,5H2. The Hall–Kier alpha value is -0.930. The molecule has 1 aliphatic heterocycles. The fourth-order valence-corrected chi connectivity index (χ4v) is 1.24. The fourth-order valence-electron chi connectivity index (χ4n) is 1.24. The summed E-state index contributed by atoms with van der Waals surface area (Å²) in [5, 5.41) is 12.4. The van der Waals surface area contributed by atoms with E-state index >= 15 is 0 Å². The maximum atomic E-state index is 9.27.